The average molecular weight is 586 g/mol. The van der Waals surface area contributed by atoms with E-state index in [1.54, 1.807) is 7.11 Å². The lowest BCUT2D eigenvalue weighted by molar-refractivity contribution is -0.115. The molecule has 8 heteroatoms. The minimum atomic E-state index is -0.186. The minimum Gasteiger partial charge on any atom is -0.497 e. The fourth-order valence-corrected chi connectivity index (χ4v) is 4.83. The summed E-state index contributed by atoms with van der Waals surface area (Å²) < 4.78 is 18.0. The summed E-state index contributed by atoms with van der Waals surface area (Å²) in [7, 11) is 1.62. The van der Waals surface area contributed by atoms with E-state index in [0.717, 1.165) is 26.1 Å². The molecular formula is C26H23IN2O4S. The maximum absolute atomic E-state index is 12.5. The van der Waals surface area contributed by atoms with E-state index in [9.17, 15) is 4.79 Å². The molecule has 1 fully saturated rings. The van der Waals surface area contributed by atoms with Gasteiger partial charge in [0.1, 0.15) is 12.4 Å². The first-order valence-electron chi connectivity index (χ1n) is 10.6. The lowest BCUT2D eigenvalue weighted by atomic mass is 10.2. The summed E-state index contributed by atoms with van der Waals surface area (Å²) in [6, 6.07) is 21.2. The molecule has 0 aromatic heterocycles. The third-order valence-corrected chi connectivity index (χ3v) is 6.52. The molecular weight excluding hydrogens is 563 g/mol. The zero-order valence-corrected chi connectivity index (χ0v) is 21.7. The van der Waals surface area contributed by atoms with Crippen molar-refractivity contribution in [2.75, 3.05) is 13.7 Å². The SMILES string of the molecule is CCOc1cc(/C=C2\SC(=Nc3ccc(OC)cc3)NC2=O)cc(I)c1OCc1ccccc1. The highest BCUT2D eigenvalue weighted by molar-refractivity contribution is 14.1. The van der Waals surface area contributed by atoms with Crippen molar-refractivity contribution in [1.29, 1.82) is 0 Å². The van der Waals surface area contributed by atoms with Gasteiger partial charge < -0.3 is 19.5 Å². The second-order valence-electron chi connectivity index (χ2n) is 7.22. The highest BCUT2D eigenvalue weighted by atomic mass is 127. The van der Waals surface area contributed by atoms with Crippen LogP contribution in [0.15, 0.2) is 76.6 Å². The number of carbonyl (C=O) groups is 1. The minimum absolute atomic E-state index is 0.186. The van der Waals surface area contributed by atoms with Gasteiger partial charge in [0.15, 0.2) is 16.7 Å². The van der Waals surface area contributed by atoms with Gasteiger partial charge in [0.25, 0.3) is 5.91 Å². The molecule has 3 aromatic rings. The van der Waals surface area contributed by atoms with Gasteiger partial charge in [-0.1, -0.05) is 30.3 Å². The van der Waals surface area contributed by atoms with E-state index >= 15 is 0 Å². The van der Waals surface area contributed by atoms with Crippen LogP contribution in [0.5, 0.6) is 17.2 Å². The van der Waals surface area contributed by atoms with E-state index < -0.39 is 0 Å². The molecule has 0 atom stereocenters. The standard InChI is InChI=1S/C26H23IN2O4S/c1-3-32-22-14-18(13-21(27)24(22)33-16-17-7-5-4-6-8-17)15-23-25(30)29-26(34-23)28-19-9-11-20(31-2)12-10-19/h4-15H,3,16H2,1-2H3,(H,28,29,30)/b23-15-. The van der Waals surface area contributed by atoms with E-state index in [-0.39, 0.29) is 5.91 Å². The molecule has 1 aliphatic heterocycles. The zero-order chi connectivity index (χ0) is 23.9. The van der Waals surface area contributed by atoms with Gasteiger partial charge in [-0.05, 0) is 94.9 Å². The number of amidine groups is 1. The van der Waals surface area contributed by atoms with Crippen LogP contribution in [0.4, 0.5) is 5.69 Å². The number of benzene rings is 3. The van der Waals surface area contributed by atoms with E-state index in [1.807, 2.05) is 79.7 Å². The first-order valence-corrected chi connectivity index (χ1v) is 12.5. The molecule has 1 heterocycles. The van der Waals surface area contributed by atoms with E-state index in [1.165, 1.54) is 11.8 Å². The lowest BCUT2D eigenvalue weighted by Gasteiger charge is -2.15. The van der Waals surface area contributed by atoms with Crippen molar-refractivity contribution in [2.24, 2.45) is 4.99 Å². The van der Waals surface area contributed by atoms with Crippen molar-refractivity contribution < 1.29 is 19.0 Å². The topological polar surface area (TPSA) is 69.2 Å². The lowest BCUT2D eigenvalue weighted by Crippen LogP contribution is -2.19. The van der Waals surface area contributed by atoms with E-state index in [0.29, 0.717) is 34.8 Å². The van der Waals surface area contributed by atoms with Crippen molar-refractivity contribution in [2.45, 2.75) is 13.5 Å². The molecule has 0 bridgehead atoms. The normalized spacial score (nSPS) is 15.4. The van der Waals surface area contributed by atoms with Crippen molar-refractivity contribution in [3.63, 3.8) is 0 Å². The Morgan fingerprint density at radius 3 is 2.53 bits per heavy atom. The molecule has 0 saturated carbocycles. The van der Waals surface area contributed by atoms with Crippen LogP contribution in [0.3, 0.4) is 0 Å². The summed E-state index contributed by atoms with van der Waals surface area (Å²) >= 11 is 3.54. The number of thioether (sulfide) groups is 1. The number of methoxy groups -OCH3 is 1. The van der Waals surface area contributed by atoms with Gasteiger partial charge >= 0.3 is 0 Å². The molecule has 3 aromatic carbocycles. The fraction of sp³-hybridized carbons (Fsp3) is 0.154. The number of ether oxygens (including phenoxy) is 3. The molecule has 174 valence electrons. The predicted octanol–water partition coefficient (Wildman–Crippen LogP) is 6.17. The highest BCUT2D eigenvalue weighted by Gasteiger charge is 2.24. The molecule has 1 amide bonds. The van der Waals surface area contributed by atoms with Crippen molar-refractivity contribution in [3.05, 3.63) is 86.3 Å². The largest absolute Gasteiger partial charge is 0.497 e. The van der Waals surface area contributed by atoms with Gasteiger partial charge in [0.05, 0.1) is 27.9 Å². The maximum atomic E-state index is 12.5. The zero-order valence-electron chi connectivity index (χ0n) is 18.7. The van der Waals surface area contributed by atoms with Crippen LogP contribution in [0.25, 0.3) is 6.08 Å². The molecule has 1 saturated heterocycles. The molecule has 0 aliphatic carbocycles. The Balaban J connectivity index is 1.54. The van der Waals surface area contributed by atoms with Crippen molar-refractivity contribution in [3.8, 4) is 17.2 Å². The third kappa shape index (κ3) is 6.12. The Bertz CT molecular complexity index is 1230. The van der Waals surface area contributed by atoms with Crippen LogP contribution < -0.4 is 19.5 Å². The number of halogens is 1. The summed E-state index contributed by atoms with van der Waals surface area (Å²) in [4.78, 5) is 17.6. The Kier molecular flexibility index (Phi) is 8.12. The Labute approximate surface area is 216 Å². The maximum Gasteiger partial charge on any atom is 0.264 e. The molecule has 0 unspecified atom stereocenters. The molecule has 0 radical (unpaired) electrons. The first kappa shape index (κ1) is 24.2. The summed E-state index contributed by atoms with van der Waals surface area (Å²) in [6.07, 6.45) is 1.84. The fourth-order valence-electron chi connectivity index (χ4n) is 3.21. The molecule has 4 rings (SSSR count). The number of rotatable bonds is 8. The number of hydrogen-bond donors (Lipinski definition) is 1. The molecule has 0 spiro atoms. The number of aliphatic imine (C=N–C) groups is 1. The highest BCUT2D eigenvalue weighted by Crippen LogP contribution is 2.37. The molecule has 34 heavy (non-hydrogen) atoms. The summed E-state index contributed by atoms with van der Waals surface area (Å²) in [5.74, 6) is 1.91. The van der Waals surface area contributed by atoms with Gasteiger partial charge in [-0.2, -0.15) is 0 Å². The van der Waals surface area contributed by atoms with Crippen molar-refractivity contribution in [1.82, 2.24) is 5.32 Å². The molecule has 6 nitrogen and oxygen atoms in total. The van der Waals surface area contributed by atoms with Gasteiger partial charge in [0.2, 0.25) is 0 Å². The smallest absolute Gasteiger partial charge is 0.264 e. The Morgan fingerprint density at radius 2 is 1.82 bits per heavy atom. The quantitative estimate of drug-likeness (QED) is 0.253. The van der Waals surface area contributed by atoms with Crippen LogP contribution in [0.2, 0.25) is 0 Å². The van der Waals surface area contributed by atoms with Crippen LogP contribution in [0.1, 0.15) is 18.1 Å². The summed E-state index contributed by atoms with van der Waals surface area (Å²) in [5, 5.41) is 3.35. The Morgan fingerprint density at radius 1 is 1.06 bits per heavy atom. The van der Waals surface area contributed by atoms with Crippen LogP contribution in [-0.4, -0.2) is 24.8 Å². The van der Waals surface area contributed by atoms with Crippen molar-refractivity contribution >= 4 is 57.2 Å². The van der Waals surface area contributed by atoms with Crippen LogP contribution in [-0.2, 0) is 11.4 Å². The van der Waals surface area contributed by atoms with Gasteiger partial charge in [-0.15, -0.1) is 0 Å². The van der Waals surface area contributed by atoms with Gasteiger partial charge in [-0.25, -0.2) is 4.99 Å². The summed E-state index contributed by atoms with van der Waals surface area (Å²) in [6.45, 7) is 2.88. The molecule has 1 N–H and O–H groups in total. The second-order valence-corrected chi connectivity index (χ2v) is 9.41. The van der Waals surface area contributed by atoms with Gasteiger partial charge in [-0.3, -0.25) is 4.79 Å². The third-order valence-electron chi connectivity index (χ3n) is 4.81. The number of nitrogens with one attached hydrogen (secondary N) is 1. The van der Waals surface area contributed by atoms with E-state index in [4.69, 9.17) is 14.2 Å². The number of carbonyl (C=O) groups excluding carboxylic acids is 1. The van der Waals surface area contributed by atoms with Crippen LogP contribution >= 0.6 is 34.4 Å². The Hall–Kier alpha value is -2.98. The first-order chi connectivity index (χ1) is 16.6. The predicted molar refractivity (Wildman–Crippen MR) is 145 cm³/mol. The second kappa shape index (κ2) is 11.4. The number of nitrogens with zero attached hydrogens (tertiary/aromatic N) is 1. The van der Waals surface area contributed by atoms with Gasteiger partial charge in [0, 0.05) is 0 Å². The van der Waals surface area contributed by atoms with Crippen LogP contribution in [0, 0.1) is 3.57 Å². The number of amides is 1. The average Bonchev–Trinajstić information content (AvgIpc) is 3.18. The monoisotopic (exact) mass is 586 g/mol. The number of hydrogen-bond acceptors (Lipinski definition) is 6. The molecule has 1 aliphatic rings. The van der Waals surface area contributed by atoms with E-state index in [2.05, 4.69) is 32.9 Å². The summed E-state index contributed by atoms with van der Waals surface area (Å²) in [5.41, 5.74) is 2.66.